The number of hydrogen-bond acceptors (Lipinski definition) is 2. The fraction of sp³-hybridized carbons (Fsp3) is 0.231. The lowest BCUT2D eigenvalue weighted by Crippen LogP contribution is -1.96. The molecular formula is C13H14OS. The van der Waals surface area contributed by atoms with E-state index in [0.29, 0.717) is 0 Å². The second-order valence-electron chi connectivity index (χ2n) is 3.51. The molecule has 2 aromatic rings. The normalized spacial score (nSPS) is 12.7. The Kier molecular flexibility index (Phi) is 3.19. The minimum absolute atomic E-state index is 0.476. The first-order chi connectivity index (χ1) is 7.31. The monoisotopic (exact) mass is 218 g/mol. The Hall–Kier alpha value is -1.12. The summed E-state index contributed by atoms with van der Waals surface area (Å²) in [5.74, 6) is 0. The number of hydrogen-bond donors (Lipinski definition) is 1. The molecule has 0 fully saturated rings. The zero-order chi connectivity index (χ0) is 10.7. The summed E-state index contributed by atoms with van der Waals surface area (Å²) in [7, 11) is 0. The molecule has 0 aliphatic carbocycles. The van der Waals surface area contributed by atoms with Gasteiger partial charge in [-0.25, -0.2) is 0 Å². The number of thiophene rings is 1. The van der Waals surface area contributed by atoms with Crippen LogP contribution in [-0.2, 0) is 6.42 Å². The van der Waals surface area contributed by atoms with E-state index in [0.717, 1.165) is 16.9 Å². The summed E-state index contributed by atoms with van der Waals surface area (Å²) in [6.07, 6.45) is 0.561. The summed E-state index contributed by atoms with van der Waals surface area (Å²) in [5, 5.41) is 12.0. The van der Waals surface area contributed by atoms with Gasteiger partial charge in [0, 0.05) is 4.88 Å². The standard InChI is InChI=1S/C13H14OS/c1-2-10-5-7-11(8-6-10)13(14)12-4-3-9-15-12/h3-9,13-14H,2H2,1H3/t13-/m1/s1. The average molecular weight is 218 g/mol. The van der Waals surface area contributed by atoms with Crippen molar-refractivity contribution in [3.8, 4) is 0 Å². The molecule has 0 aliphatic rings. The second kappa shape index (κ2) is 4.60. The molecule has 78 valence electrons. The van der Waals surface area contributed by atoms with Crippen molar-refractivity contribution in [3.05, 3.63) is 57.8 Å². The molecule has 0 saturated carbocycles. The maximum atomic E-state index is 10.1. The Bertz CT molecular complexity index is 403. The van der Waals surface area contributed by atoms with Crippen LogP contribution in [0.3, 0.4) is 0 Å². The van der Waals surface area contributed by atoms with Crippen LogP contribution in [0.5, 0.6) is 0 Å². The van der Waals surface area contributed by atoms with E-state index in [-0.39, 0.29) is 0 Å². The molecule has 1 atom stereocenters. The number of aliphatic hydroxyl groups is 1. The largest absolute Gasteiger partial charge is 0.383 e. The highest BCUT2D eigenvalue weighted by Gasteiger charge is 2.10. The van der Waals surface area contributed by atoms with Crippen LogP contribution in [0.25, 0.3) is 0 Å². The summed E-state index contributed by atoms with van der Waals surface area (Å²) in [5.41, 5.74) is 2.27. The molecule has 0 bridgehead atoms. The van der Waals surface area contributed by atoms with Crippen molar-refractivity contribution in [2.45, 2.75) is 19.4 Å². The van der Waals surface area contributed by atoms with E-state index in [1.54, 1.807) is 11.3 Å². The van der Waals surface area contributed by atoms with Gasteiger partial charge < -0.3 is 5.11 Å². The van der Waals surface area contributed by atoms with Crippen molar-refractivity contribution < 1.29 is 5.11 Å². The Morgan fingerprint density at radius 1 is 1.20 bits per heavy atom. The quantitative estimate of drug-likeness (QED) is 0.837. The summed E-state index contributed by atoms with van der Waals surface area (Å²) in [6, 6.07) is 12.1. The third-order valence-corrected chi connectivity index (χ3v) is 3.44. The molecule has 0 saturated heterocycles. The number of aryl methyl sites for hydroxylation is 1. The van der Waals surface area contributed by atoms with E-state index in [4.69, 9.17) is 0 Å². The predicted octanol–water partition coefficient (Wildman–Crippen LogP) is 3.39. The van der Waals surface area contributed by atoms with Crippen LogP contribution in [0, 0.1) is 0 Å². The van der Waals surface area contributed by atoms with E-state index in [1.807, 2.05) is 29.6 Å². The molecule has 2 heteroatoms. The van der Waals surface area contributed by atoms with Crippen LogP contribution in [-0.4, -0.2) is 5.11 Å². The first-order valence-corrected chi connectivity index (χ1v) is 5.99. The molecule has 1 aromatic heterocycles. The van der Waals surface area contributed by atoms with E-state index >= 15 is 0 Å². The molecule has 2 rings (SSSR count). The molecule has 1 nitrogen and oxygen atoms in total. The SMILES string of the molecule is CCc1ccc([C@@H](O)c2cccs2)cc1. The molecule has 0 aliphatic heterocycles. The molecule has 1 aromatic carbocycles. The minimum Gasteiger partial charge on any atom is -0.383 e. The molecule has 0 unspecified atom stereocenters. The van der Waals surface area contributed by atoms with Crippen molar-refractivity contribution in [3.63, 3.8) is 0 Å². The van der Waals surface area contributed by atoms with Gasteiger partial charge in [-0.3, -0.25) is 0 Å². The van der Waals surface area contributed by atoms with Gasteiger partial charge in [-0.1, -0.05) is 37.3 Å². The van der Waals surface area contributed by atoms with E-state index in [2.05, 4.69) is 19.1 Å². The lowest BCUT2D eigenvalue weighted by atomic mass is 10.0. The van der Waals surface area contributed by atoms with Gasteiger partial charge in [0.1, 0.15) is 6.10 Å². The summed E-state index contributed by atoms with van der Waals surface area (Å²) in [4.78, 5) is 0.999. The fourth-order valence-electron chi connectivity index (χ4n) is 1.55. The van der Waals surface area contributed by atoms with Gasteiger partial charge in [0.25, 0.3) is 0 Å². The molecule has 1 heterocycles. The summed E-state index contributed by atoms with van der Waals surface area (Å²) in [6.45, 7) is 2.13. The Morgan fingerprint density at radius 2 is 1.93 bits per heavy atom. The van der Waals surface area contributed by atoms with Crippen LogP contribution < -0.4 is 0 Å². The lowest BCUT2D eigenvalue weighted by molar-refractivity contribution is 0.224. The lowest BCUT2D eigenvalue weighted by Gasteiger charge is -2.09. The van der Waals surface area contributed by atoms with Crippen molar-refractivity contribution in [1.29, 1.82) is 0 Å². The maximum absolute atomic E-state index is 10.1. The zero-order valence-corrected chi connectivity index (χ0v) is 9.50. The average Bonchev–Trinajstić information content (AvgIpc) is 2.82. The fourth-order valence-corrected chi connectivity index (χ4v) is 2.28. The highest BCUT2D eigenvalue weighted by Crippen LogP contribution is 2.25. The van der Waals surface area contributed by atoms with E-state index in [1.165, 1.54) is 5.56 Å². The van der Waals surface area contributed by atoms with E-state index < -0.39 is 6.10 Å². The third kappa shape index (κ3) is 2.28. The third-order valence-electron chi connectivity index (χ3n) is 2.52. The Labute approximate surface area is 94.0 Å². The number of rotatable bonds is 3. The zero-order valence-electron chi connectivity index (χ0n) is 8.68. The first kappa shape index (κ1) is 10.4. The Morgan fingerprint density at radius 3 is 2.47 bits per heavy atom. The first-order valence-electron chi connectivity index (χ1n) is 5.11. The van der Waals surface area contributed by atoms with Crippen LogP contribution in [0.4, 0.5) is 0 Å². The smallest absolute Gasteiger partial charge is 0.113 e. The molecule has 0 amide bonds. The molecule has 0 spiro atoms. The second-order valence-corrected chi connectivity index (χ2v) is 4.49. The van der Waals surface area contributed by atoms with Gasteiger partial charge in [0.15, 0.2) is 0 Å². The predicted molar refractivity (Wildman–Crippen MR) is 64.2 cm³/mol. The molecule has 0 radical (unpaired) electrons. The maximum Gasteiger partial charge on any atom is 0.113 e. The summed E-state index contributed by atoms with van der Waals surface area (Å²) >= 11 is 1.59. The topological polar surface area (TPSA) is 20.2 Å². The summed E-state index contributed by atoms with van der Waals surface area (Å²) < 4.78 is 0. The van der Waals surface area contributed by atoms with Crippen LogP contribution in [0.15, 0.2) is 41.8 Å². The van der Waals surface area contributed by atoms with Gasteiger partial charge in [0.2, 0.25) is 0 Å². The van der Waals surface area contributed by atoms with Crippen molar-refractivity contribution in [1.82, 2.24) is 0 Å². The highest BCUT2D eigenvalue weighted by molar-refractivity contribution is 7.10. The van der Waals surface area contributed by atoms with Gasteiger partial charge in [-0.15, -0.1) is 11.3 Å². The van der Waals surface area contributed by atoms with E-state index in [9.17, 15) is 5.11 Å². The molecular weight excluding hydrogens is 204 g/mol. The van der Waals surface area contributed by atoms with Crippen LogP contribution in [0.1, 0.15) is 29.0 Å². The minimum atomic E-state index is -0.476. The van der Waals surface area contributed by atoms with Crippen LogP contribution >= 0.6 is 11.3 Å². The molecule has 15 heavy (non-hydrogen) atoms. The van der Waals surface area contributed by atoms with Gasteiger partial charge in [0.05, 0.1) is 0 Å². The van der Waals surface area contributed by atoms with Crippen LogP contribution in [0.2, 0.25) is 0 Å². The van der Waals surface area contributed by atoms with Gasteiger partial charge in [-0.2, -0.15) is 0 Å². The van der Waals surface area contributed by atoms with Gasteiger partial charge >= 0.3 is 0 Å². The van der Waals surface area contributed by atoms with Crippen molar-refractivity contribution in [2.75, 3.05) is 0 Å². The van der Waals surface area contributed by atoms with Crippen molar-refractivity contribution >= 4 is 11.3 Å². The highest BCUT2D eigenvalue weighted by atomic mass is 32.1. The van der Waals surface area contributed by atoms with Crippen molar-refractivity contribution in [2.24, 2.45) is 0 Å². The number of aliphatic hydroxyl groups excluding tert-OH is 1. The number of benzene rings is 1. The van der Waals surface area contributed by atoms with Gasteiger partial charge in [-0.05, 0) is 29.0 Å². The molecule has 1 N–H and O–H groups in total. The Balaban J connectivity index is 2.22.